The third-order valence-corrected chi connectivity index (χ3v) is 5.64. The number of aliphatic hydroxyl groups excluding tert-OH is 1. The van der Waals surface area contributed by atoms with Crippen LogP contribution in [0.3, 0.4) is 0 Å². The van der Waals surface area contributed by atoms with E-state index < -0.39 is 16.1 Å². The number of rotatable bonds is 10. The summed E-state index contributed by atoms with van der Waals surface area (Å²) in [7, 11) is -3.46. The number of benzene rings is 2. The van der Waals surface area contributed by atoms with Crippen LogP contribution < -0.4 is 14.8 Å². The fourth-order valence-corrected chi connectivity index (χ4v) is 4.05. The number of sulfonamides is 1. The van der Waals surface area contributed by atoms with Crippen molar-refractivity contribution in [2.75, 3.05) is 30.7 Å². The fourth-order valence-electron chi connectivity index (χ4n) is 2.70. The van der Waals surface area contributed by atoms with Gasteiger partial charge in [0.15, 0.2) is 0 Å². The van der Waals surface area contributed by atoms with Gasteiger partial charge in [-0.25, -0.2) is 13.4 Å². The summed E-state index contributed by atoms with van der Waals surface area (Å²) in [6.45, 7) is 1.25. The van der Waals surface area contributed by atoms with Gasteiger partial charge in [0.2, 0.25) is 10.0 Å². The van der Waals surface area contributed by atoms with E-state index in [-0.39, 0.29) is 17.3 Å². The molecule has 0 spiro atoms. The third-order valence-electron chi connectivity index (χ3n) is 4.14. The number of aliphatic hydroxyl groups is 1. The second-order valence-electron chi connectivity index (χ2n) is 6.58. The van der Waals surface area contributed by atoms with E-state index in [0.29, 0.717) is 18.7 Å². The van der Waals surface area contributed by atoms with Gasteiger partial charge in [0.1, 0.15) is 12.4 Å². The predicted octanol–water partition coefficient (Wildman–Crippen LogP) is 3.54. The summed E-state index contributed by atoms with van der Waals surface area (Å²) in [6.07, 6.45) is 0.223. The minimum atomic E-state index is -3.46. The van der Waals surface area contributed by atoms with E-state index in [1.54, 1.807) is 29.0 Å². The molecular weight excluding hydrogens is 446 g/mol. The van der Waals surface area contributed by atoms with E-state index >= 15 is 0 Å². The molecule has 10 heteroatoms. The number of halogens is 1. The molecule has 2 aromatic carbocycles. The van der Waals surface area contributed by atoms with Crippen molar-refractivity contribution in [2.24, 2.45) is 0 Å². The van der Waals surface area contributed by atoms with Crippen molar-refractivity contribution in [2.45, 2.75) is 6.10 Å². The largest absolute Gasteiger partial charge is 0.492 e. The van der Waals surface area contributed by atoms with E-state index in [4.69, 9.17) is 16.3 Å². The maximum Gasteiger partial charge on any atom is 0.229 e. The zero-order chi connectivity index (χ0) is 21.6. The Morgan fingerprint density at radius 1 is 1.23 bits per heavy atom. The zero-order valence-electron chi connectivity index (χ0n) is 16.2. The average Bonchev–Trinajstić information content (AvgIpc) is 3.23. The zero-order valence-corrected chi connectivity index (χ0v) is 18.6. The van der Waals surface area contributed by atoms with E-state index in [9.17, 15) is 13.5 Å². The van der Waals surface area contributed by atoms with Crippen LogP contribution in [0.4, 0.5) is 5.69 Å². The maximum atomic E-state index is 11.4. The lowest BCUT2D eigenvalue weighted by atomic mass is 10.1. The molecule has 3 aromatic rings. The van der Waals surface area contributed by atoms with Gasteiger partial charge in [-0.3, -0.25) is 4.72 Å². The summed E-state index contributed by atoms with van der Waals surface area (Å²) in [5.41, 5.74) is 4.57. The summed E-state index contributed by atoms with van der Waals surface area (Å²) in [5.74, 6) is 0.755. The van der Waals surface area contributed by atoms with Crippen LogP contribution in [0, 0.1) is 0 Å². The van der Waals surface area contributed by atoms with E-state index in [0.717, 1.165) is 23.3 Å². The summed E-state index contributed by atoms with van der Waals surface area (Å²) in [5, 5.41) is 15.7. The standard InChI is InChI=1S/C20H22ClN3O4S2/c1-30(26,27)24-18-10-15(4-7-17(18)21)20(25)11-22-8-9-28-16-5-2-14(3-6-16)19-12-29-13-23-19/h2-7,10,12-13,20,22,24-25H,8-9,11H2,1H3/t20-/m1/s1. The molecule has 30 heavy (non-hydrogen) atoms. The Morgan fingerprint density at radius 3 is 2.67 bits per heavy atom. The molecule has 0 radical (unpaired) electrons. The summed E-state index contributed by atoms with van der Waals surface area (Å²) >= 11 is 7.56. The first kappa shape index (κ1) is 22.5. The van der Waals surface area contributed by atoms with Gasteiger partial charge in [0.05, 0.1) is 34.3 Å². The Labute approximate surface area is 184 Å². The molecule has 0 aliphatic rings. The SMILES string of the molecule is CS(=O)(=O)Nc1cc([C@H](O)CNCCOc2ccc(-c3cscn3)cc2)ccc1Cl. The van der Waals surface area contributed by atoms with Gasteiger partial charge in [0.25, 0.3) is 0 Å². The van der Waals surface area contributed by atoms with E-state index in [1.807, 2.05) is 29.6 Å². The number of nitrogens with one attached hydrogen (secondary N) is 2. The lowest BCUT2D eigenvalue weighted by Gasteiger charge is -2.15. The Morgan fingerprint density at radius 2 is 2.00 bits per heavy atom. The van der Waals surface area contributed by atoms with E-state index in [1.165, 1.54) is 6.07 Å². The molecule has 3 N–H and O–H groups in total. The minimum Gasteiger partial charge on any atom is -0.492 e. The summed E-state index contributed by atoms with van der Waals surface area (Å²) in [6, 6.07) is 12.4. The van der Waals surface area contributed by atoms with Crippen LogP contribution in [0.5, 0.6) is 5.75 Å². The number of ether oxygens (including phenoxy) is 1. The monoisotopic (exact) mass is 467 g/mol. The molecular formula is C20H22ClN3O4S2. The average molecular weight is 468 g/mol. The highest BCUT2D eigenvalue weighted by atomic mass is 35.5. The van der Waals surface area contributed by atoms with Crippen LogP contribution >= 0.6 is 22.9 Å². The molecule has 0 saturated heterocycles. The smallest absolute Gasteiger partial charge is 0.229 e. The van der Waals surface area contributed by atoms with Crippen LogP contribution in [0.25, 0.3) is 11.3 Å². The Balaban J connectivity index is 1.43. The highest BCUT2D eigenvalue weighted by molar-refractivity contribution is 7.92. The molecule has 1 heterocycles. The highest BCUT2D eigenvalue weighted by Crippen LogP contribution is 2.26. The predicted molar refractivity (Wildman–Crippen MR) is 121 cm³/mol. The number of aromatic nitrogens is 1. The van der Waals surface area contributed by atoms with Gasteiger partial charge in [-0.05, 0) is 42.0 Å². The van der Waals surface area contributed by atoms with E-state index in [2.05, 4.69) is 15.0 Å². The summed E-state index contributed by atoms with van der Waals surface area (Å²) in [4.78, 5) is 4.27. The van der Waals surface area contributed by atoms with Crippen LogP contribution in [0.2, 0.25) is 5.02 Å². The maximum absolute atomic E-state index is 11.4. The summed E-state index contributed by atoms with van der Waals surface area (Å²) < 4.78 is 30.9. The number of hydrogen-bond donors (Lipinski definition) is 3. The molecule has 1 aromatic heterocycles. The van der Waals surface area contributed by atoms with Gasteiger partial charge in [0, 0.05) is 24.0 Å². The van der Waals surface area contributed by atoms with Gasteiger partial charge in [-0.15, -0.1) is 11.3 Å². The molecule has 160 valence electrons. The second-order valence-corrected chi connectivity index (χ2v) is 9.45. The van der Waals surface area contributed by atoms with Crippen molar-refractivity contribution in [3.05, 3.63) is 63.9 Å². The van der Waals surface area contributed by atoms with Gasteiger partial charge in [-0.1, -0.05) is 17.7 Å². The normalized spacial score (nSPS) is 12.5. The van der Waals surface area contributed by atoms with Crippen molar-refractivity contribution >= 4 is 38.6 Å². The van der Waals surface area contributed by atoms with Crippen LogP contribution in [-0.2, 0) is 10.0 Å². The lowest BCUT2D eigenvalue weighted by molar-refractivity contribution is 0.172. The number of hydrogen-bond acceptors (Lipinski definition) is 7. The quantitative estimate of drug-likeness (QED) is 0.394. The minimum absolute atomic E-state index is 0.236. The molecule has 0 fully saturated rings. The molecule has 3 rings (SSSR count). The third kappa shape index (κ3) is 6.68. The van der Waals surface area contributed by atoms with Crippen molar-refractivity contribution < 1.29 is 18.3 Å². The first-order valence-electron chi connectivity index (χ1n) is 9.09. The Kier molecular flexibility index (Phi) is 7.68. The molecule has 0 aliphatic carbocycles. The van der Waals surface area contributed by atoms with Crippen molar-refractivity contribution in [1.82, 2.24) is 10.3 Å². The van der Waals surface area contributed by atoms with Gasteiger partial charge >= 0.3 is 0 Å². The van der Waals surface area contributed by atoms with Crippen LogP contribution in [0.1, 0.15) is 11.7 Å². The number of anilines is 1. The fraction of sp³-hybridized carbons (Fsp3) is 0.250. The van der Waals surface area contributed by atoms with Crippen molar-refractivity contribution in [3.63, 3.8) is 0 Å². The highest BCUT2D eigenvalue weighted by Gasteiger charge is 2.12. The van der Waals surface area contributed by atoms with Crippen LogP contribution in [-0.4, -0.2) is 44.5 Å². The first-order chi connectivity index (χ1) is 14.3. The van der Waals surface area contributed by atoms with Gasteiger partial charge in [-0.2, -0.15) is 0 Å². The molecule has 0 aliphatic heterocycles. The lowest BCUT2D eigenvalue weighted by Crippen LogP contribution is -2.26. The first-order valence-corrected chi connectivity index (χ1v) is 12.3. The topological polar surface area (TPSA) is 101 Å². The molecule has 7 nitrogen and oxygen atoms in total. The molecule has 0 unspecified atom stereocenters. The molecule has 0 amide bonds. The van der Waals surface area contributed by atoms with Crippen molar-refractivity contribution in [1.29, 1.82) is 0 Å². The van der Waals surface area contributed by atoms with Crippen molar-refractivity contribution in [3.8, 4) is 17.0 Å². The Bertz CT molecular complexity index is 1060. The number of nitrogens with zero attached hydrogens (tertiary/aromatic N) is 1. The molecule has 0 bridgehead atoms. The van der Waals surface area contributed by atoms with Crippen LogP contribution in [0.15, 0.2) is 53.4 Å². The molecule has 0 saturated carbocycles. The van der Waals surface area contributed by atoms with Gasteiger partial charge < -0.3 is 15.2 Å². The second kappa shape index (κ2) is 10.2. The number of thiazole rings is 1. The molecule has 1 atom stereocenters. The Hall–Kier alpha value is -2.17.